The lowest BCUT2D eigenvalue weighted by Gasteiger charge is -2.26. The van der Waals surface area contributed by atoms with Crippen molar-refractivity contribution < 1.29 is 5.11 Å². The molecule has 2 rings (SSSR count). The van der Waals surface area contributed by atoms with Gasteiger partial charge in [-0.15, -0.1) is 0 Å². The normalized spacial score (nSPS) is 19.6. The first-order chi connectivity index (χ1) is 11.1. The van der Waals surface area contributed by atoms with Crippen molar-refractivity contribution in [3.63, 3.8) is 0 Å². The molecule has 1 aliphatic rings. The van der Waals surface area contributed by atoms with Gasteiger partial charge in [0, 0.05) is 5.54 Å². The van der Waals surface area contributed by atoms with E-state index in [1.54, 1.807) is 0 Å². The number of hydrogen-bond donors (Lipinski definition) is 2. The van der Waals surface area contributed by atoms with E-state index in [0.717, 1.165) is 6.42 Å². The average Bonchev–Trinajstić information content (AvgIpc) is 2.92. The highest BCUT2D eigenvalue weighted by molar-refractivity contribution is 5.38. The maximum absolute atomic E-state index is 9.40. The topological polar surface area (TPSA) is 46.2 Å². The van der Waals surface area contributed by atoms with Crippen molar-refractivity contribution in [1.82, 2.24) is 0 Å². The molecule has 0 spiro atoms. The predicted octanol–water partition coefficient (Wildman–Crippen LogP) is 4.72. The molecule has 0 aliphatic heterocycles. The van der Waals surface area contributed by atoms with E-state index in [-0.39, 0.29) is 6.61 Å². The van der Waals surface area contributed by atoms with Crippen LogP contribution in [0, 0.1) is 0 Å². The summed E-state index contributed by atoms with van der Waals surface area (Å²) in [7, 11) is 0. The molecule has 130 valence electrons. The molecule has 2 heteroatoms. The molecule has 0 amide bonds. The van der Waals surface area contributed by atoms with Crippen molar-refractivity contribution in [2.24, 2.45) is 5.73 Å². The molecular weight excluding hydrogens is 282 g/mol. The fraction of sp³-hybridized carbons (Fsp3) is 0.714. The quantitative estimate of drug-likeness (QED) is 0.613. The van der Waals surface area contributed by atoms with Crippen LogP contribution in [0.5, 0.6) is 0 Å². The lowest BCUT2D eigenvalue weighted by Crippen LogP contribution is -2.41. The van der Waals surface area contributed by atoms with Crippen molar-refractivity contribution in [3.05, 3.63) is 34.9 Å². The zero-order valence-electron chi connectivity index (χ0n) is 15.1. The summed E-state index contributed by atoms with van der Waals surface area (Å²) in [6, 6.07) is 7.07. The first-order valence-electron chi connectivity index (χ1n) is 9.57. The summed E-state index contributed by atoms with van der Waals surface area (Å²) in [4.78, 5) is 0. The largest absolute Gasteiger partial charge is 0.394 e. The van der Waals surface area contributed by atoms with Crippen LogP contribution in [0.4, 0.5) is 0 Å². The highest BCUT2D eigenvalue weighted by Crippen LogP contribution is 2.38. The lowest BCUT2D eigenvalue weighted by atomic mass is 9.86. The van der Waals surface area contributed by atoms with E-state index >= 15 is 0 Å². The van der Waals surface area contributed by atoms with Gasteiger partial charge in [-0.1, -0.05) is 57.2 Å². The molecule has 0 heterocycles. The van der Waals surface area contributed by atoms with Crippen LogP contribution in [0.3, 0.4) is 0 Å². The number of benzene rings is 1. The summed E-state index contributed by atoms with van der Waals surface area (Å²) in [5, 5.41) is 9.40. The van der Waals surface area contributed by atoms with Crippen LogP contribution in [-0.2, 0) is 12.8 Å². The van der Waals surface area contributed by atoms with Crippen molar-refractivity contribution >= 4 is 0 Å². The second-order valence-electron chi connectivity index (χ2n) is 7.80. The fourth-order valence-corrected chi connectivity index (χ4v) is 3.86. The molecule has 1 aromatic carbocycles. The molecule has 1 aromatic rings. The molecule has 0 radical (unpaired) electrons. The molecule has 0 fully saturated rings. The first-order valence-corrected chi connectivity index (χ1v) is 9.57. The van der Waals surface area contributed by atoms with E-state index in [9.17, 15) is 5.11 Å². The van der Waals surface area contributed by atoms with Gasteiger partial charge < -0.3 is 10.8 Å². The van der Waals surface area contributed by atoms with E-state index in [1.165, 1.54) is 74.5 Å². The predicted molar refractivity (Wildman–Crippen MR) is 98.9 cm³/mol. The molecule has 23 heavy (non-hydrogen) atoms. The number of aryl methyl sites for hydroxylation is 2. The molecule has 2 atom stereocenters. The first kappa shape index (κ1) is 18.5. The molecule has 3 N–H and O–H groups in total. The van der Waals surface area contributed by atoms with Crippen LogP contribution in [0.2, 0.25) is 0 Å². The van der Waals surface area contributed by atoms with Gasteiger partial charge in [0.05, 0.1) is 6.61 Å². The van der Waals surface area contributed by atoms with Gasteiger partial charge in [-0.25, -0.2) is 0 Å². The maximum atomic E-state index is 9.40. The zero-order valence-corrected chi connectivity index (χ0v) is 15.1. The minimum Gasteiger partial charge on any atom is -0.394 e. The van der Waals surface area contributed by atoms with Gasteiger partial charge in [-0.05, 0) is 61.6 Å². The number of unbranched alkanes of at least 4 members (excludes halogenated alkanes) is 5. The Kier molecular flexibility index (Phi) is 7.10. The van der Waals surface area contributed by atoms with Gasteiger partial charge in [-0.3, -0.25) is 0 Å². The SMILES string of the molecule is CCCCCCCCc1ccc2c(c1)CC[C@H]2C[C@@](C)(N)CO. The minimum absolute atomic E-state index is 0.0644. The van der Waals surface area contributed by atoms with Crippen LogP contribution in [0.15, 0.2) is 18.2 Å². The zero-order chi connectivity index (χ0) is 16.7. The number of rotatable bonds is 10. The molecule has 0 aromatic heterocycles. The number of aliphatic hydroxyl groups excluding tert-OH is 1. The van der Waals surface area contributed by atoms with Crippen LogP contribution >= 0.6 is 0 Å². The number of fused-ring (bicyclic) bond motifs is 1. The lowest BCUT2D eigenvalue weighted by molar-refractivity contribution is 0.192. The van der Waals surface area contributed by atoms with Crippen LogP contribution in [0.1, 0.15) is 87.8 Å². The van der Waals surface area contributed by atoms with Crippen LogP contribution in [0.25, 0.3) is 0 Å². The van der Waals surface area contributed by atoms with Crippen LogP contribution < -0.4 is 5.73 Å². The van der Waals surface area contributed by atoms with Crippen molar-refractivity contribution in [3.8, 4) is 0 Å². The van der Waals surface area contributed by atoms with Gasteiger partial charge in [0.15, 0.2) is 0 Å². The fourth-order valence-electron chi connectivity index (χ4n) is 3.86. The second kappa shape index (κ2) is 8.84. The highest BCUT2D eigenvalue weighted by atomic mass is 16.3. The summed E-state index contributed by atoms with van der Waals surface area (Å²) in [5.74, 6) is 0.523. The Hall–Kier alpha value is -0.860. The molecule has 1 aliphatic carbocycles. The molecule has 0 saturated heterocycles. The Balaban J connectivity index is 1.84. The third-order valence-corrected chi connectivity index (χ3v) is 5.30. The van der Waals surface area contributed by atoms with E-state index in [2.05, 4.69) is 25.1 Å². The molecular formula is C21H35NO. The van der Waals surface area contributed by atoms with Gasteiger partial charge in [-0.2, -0.15) is 0 Å². The third-order valence-electron chi connectivity index (χ3n) is 5.30. The van der Waals surface area contributed by atoms with Crippen molar-refractivity contribution in [2.75, 3.05) is 6.61 Å². The highest BCUT2D eigenvalue weighted by Gasteiger charge is 2.29. The Morgan fingerprint density at radius 1 is 1.17 bits per heavy atom. The summed E-state index contributed by atoms with van der Waals surface area (Å²) in [6.45, 7) is 4.29. The average molecular weight is 318 g/mol. The smallest absolute Gasteiger partial charge is 0.0608 e. The summed E-state index contributed by atoms with van der Waals surface area (Å²) in [5.41, 5.74) is 10.2. The maximum Gasteiger partial charge on any atom is 0.0608 e. The van der Waals surface area contributed by atoms with Crippen LogP contribution in [-0.4, -0.2) is 17.3 Å². The van der Waals surface area contributed by atoms with E-state index in [1.807, 2.05) is 6.92 Å². The Morgan fingerprint density at radius 2 is 1.91 bits per heavy atom. The summed E-state index contributed by atoms with van der Waals surface area (Å²) >= 11 is 0. The van der Waals surface area contributed by atoms with E-state index in [4.69, 9.17) is 5.73 Å². The van der Waals surface area contributed by atoms with Crippen molar-refractivity contribution in [2.45, 2.75) is 89.5 Å². The Labute approximate surface area is 142 Å². The van der Waals surface area contributed by atoms with Gasteiger partial charge in [0.1, 0.15) is 0 Å². The number of hydrogen-bond acceptors (Lipinski definition) is 2. The monoisotopic (exact) mass is 317 g/mol. The Bertz CT molecular complexity index is 481. The summed E-state index contributed by atoms with van der Waals surface area (Å²) in [6.07, 6.45) is 12.6. The molecule has 0 unspecified atom stereocenters. The van der Waals surface area contributed by atoms with Gasteiger partial charge in [0.25, 0.3) is 0 Å². The van der Waals surface area contributed by atoms with Gasteiger partial charge in [0.2, 0.25) is 0 Å². The van der Waals surface area contributed by atoms with Crippen molar-refractivity contribution in [1.29, 1.82) is 0 Å². The van der Waals surface area contributed by atoms with Gasteiger partial charge >= 0.3 is 0 Å². The molecule has 0 bridgehead atoms. The second-order valence-corrected chi connectivity index (χ2v) is 7.80. The Morgan fingerprint density at radius 3 is 2.65 bits per heavy atom. The number of aliphatic hydroxyl groups is 1. The third kappa shape index (κ3) is 5.61. The van der Waals surface area contributed by atoms with E-state index < -0.39 is 5.54 Å². The summed E-state index contributed by atoms with van der Waals surface area (Å²) < 4.78 is 0. The molecule has 2 nitrogen and oxygen atoms in total. The number of nitrogens with two attached hydrogens (primary N) is 1. The minimum atomic E-state index is -0.455. The molecule has 0 saturated carbocycles. The standard InChI is InChI=1S/C21H35NO/c1-3-4-5-6-7-8-9-17-10-13-20-18(14-17)11-12-19(20)15-21(2,22)16-23/h10,13-14,19,23H,3-9,11-12,15-16,22H2,1-2H3/t19-,21+/m0/s1. The van der Waals surface area contributed by atoms with E-state index in [0.29, 0.717) is 5.92 Å².